The maximum atomic E-state index is 5.04. The maximum Gasteiger partial charge on any atom is 0.0902 e. The molecule has 0 amide bonds. The number of fused-ring (bicyclic) bond motifs is 2. The lowest BCUT2D eigenvalue weighted by molar-refractivity contribution is 0.0237. The molecule has 0 saturated carbocycles. The summed E-state index contributed by atoms with van der Waals surface area (Å²) in [5, 5.41) is 0. The number of hydrogen-bond acceptors (Lipinski definition) is 6. The summed E-state index contributed by atoms with van der Waals surface area (Å²) in [5.74, 6) is 1.26. The highest BCUT2D eigenvalue weighted by molar-refractivity contribution is 5.77. The molecule has 0 aromatic heterocycles. The predicted molar refractivity (Wildman–Crippen MR) is 139 cm³/mol. The van der Waals surface area contributed by atoms with Crippen LogP contribution in [0, 0.1) is 0 Å². The van der Waals surface area contributed by atoms with E-state index in [0.29, 0.717) is 11.7 Å². The van der Waals surface area contributed by atoms with E-state index in [2.05, 4.69) is 43.7 Å². The molecule has 4 saturated heterocycles. The van der Waals surface area contributed by atoms with E-state index in [-0.39, 0.29) is 0 Å². The summed E-state index contributed by atoms with van der Waals surface area (Å²) in [6.07, 6.45) is 12.8. The van der Waals surface area contributed by atoms with Crippen molar-refractivity contribution in [3.63, 3.8) is 0 Å². The highest BCUT2D eigenvalue weighted by atomic mass is 15.4. The van der Waals surface area contributed by atoms with E-state index in [1.165, 1.54) is 90.6 Å². The summed E-state index contributed by atoms with van der Waals surface area (Å²) in [5.41, 5.74) is 10.1. The van der Waals surface area contributed by atoms with Crippen molar-refractivity contribution in [2.24, 2.45) is 21.5 Å². The SMILES string of the molecule is CN1CCCN2CCCC12.CN1CCCN2CCCCCC12.CN=C(C)N.CN=C(C)N. The molecule has 2 atom stereocenters. The third kappa shape index (κ3) is 11.1. The van der Waals surface area contributed by atoms with Crippen LogP contribution in [0.3, 0.4) is 0 Å². The van der Waals surface area contributed by atoms with Crippen LogP contribution in [0.2, 0.25) is 0 Å². The Morgan fingerprint density at radius 3 is 1.41 bits per heavy atom. The van der Waals surface area contributed by atoms with Crippen LogP contribution in [0.25, 0.3) is 0 Å². The summed E-state index contributed by atoms with van der Waals surface area (Å²) < 4.78 is 0. The maximum absolute atomic E-state index is 5.04. The van der Waals surface area contributed by atoms with Gasteiger partial charge < -0.3 is 11.5 Å². The molecule has 2 unspecified atom stereocenters. The van der Waals surface area contributed by atoms with Crippen molar-refractivity contribution in [3.8, 4) is 0 Å². The standard InChI is InChI=1S/C10H20N2.C8H16N2.2C3H8N2/c1-11-7-5-9-12-8-4-2-3-6-10(11)12;1-9-5-3-7-10-6-2-4-8(9)10;2*1-3(4)5-2/h10H,2-9H2,1H3;8H,2-7H2,1H3;2*1-2H3,(H2,4,5). The van der Waals surface area contributed by atoms with Crippen molar-refractivity contribution in [3.05, 3.63) is 0 Å². The second-order valence-corrected chi connectivity index (χ2v) is 9.42. The molecule has 0 radical (unpaired) electrons. The van der Waals surface area contributed by atoms with Gasteiger partial charge in [0.15, 0.2) is 0 Å². The number of nitrogens with two attached hydrogens (primary N) is 2. The van der Waals surface area contributed by atoms with Gasteiger partial charge in [-0.1, -0.05) is 12.8 Å². The summed E-state index contributed by atoms with van der Waals surface area (Å²) >= 11 is 0. The predicted octanol–water partition coefficient (Wildman–Crippen LogP) is 2.25. The number of hydrogen-bond donors (Lipinski definition) is 2. The zero-order chi connectivity index (χ0) is 23.9. The zero-order valence-electron chi connectivity index (χ0n) is 21.9. The van der Waals surface area contributed by atoms with Crippen molar-refractivity contribution >= 4 is 11.7 Å². The Kier molecular flexibility index (Phi) is 14.8. The first-order chi connectivity index (χ1) is 15.3. The normalized spacial score (nSPS) is 27.9. The molecule has 8 nitrogen and oxygen atoms in total. The van der Waals surface area contributed by atoms with E-state index in [1.807, 2.05) is 0 Å². The third-order valence-corrected chi connectivity index (χ3v) is 6.79. The van der Waals surface area contributed by atoms with Crippen LogP contribution < -0.4 is 11.5 Å². The van der Waals surface area contributed by atoms with Crippen LogP contribution in [-0.2, 0) is 0 Å². The van der Waals surface area contributed by atoms with Crippen molar-refractivity contribution in [2.75, 3.05) is 67.5 Å². The Hall–Kier alpha value is -1.22. The van der Waals surface area contributed by atoms with Crippen LogP contribution >= 0.6 is 0 Å². The van der Waals surface area contributed by atoms with E-state index >= 15 is 0 Å². The van der Waals surface area contributed by atoms with Gasteiger partial charge in [0.05, 0.1) is 24.0 Å². The summed E-state index contributed by atoms with van der Waals surface area (Å²) in [7, 11) is 7.86. The Bertz CT molecular complexity index is 526. The van der Waals surface area contributed by atoms with Gasteiger partial charge in [-0.15, -0.1) is 0 Å². The Balaban J connectivity index is 0.000000231. The minimum Gasteiger partial charge on any atom is -0.388 e. The van der Waals surface area contributed by atoms with Gasteiger partial charge in [0, 0.05) is 40.3 Å². The molecule has 4 rings (SSSR count). The average molecular weight is 453 g/mol. The molecule has 4 heterocycles. The highest BCUT2D eigenvalue weighted by Crippen LogP contribution is 2.23. The largest absolute Gasteiger partial charge is 0.388 e. The molecule has 32 heavy (non-hydrogen) atoms. The first-order valence-electron chi connectivity index (χ1n) is 12.6. The molecule has 0 spiro atoms. The molecule has 188 valence electrons. The smallest absolute Gasteiger partial charge is 0.0902 e. The van der Waals surface area contributed by atoms with Crippen molar-refractivity contribution in [1.29, 1.82) is 0 Å². The van der Waals surface area contributed by atoms with Gasteiger partial charge >= 0.3 is 0 Å². The van der Waals surface area contributed by atoms with Gasteiger partial charge in [0.2, 0.25) is 0 Å². The van der Waals surface area contributed by atoms with E-state index in [1.54, 1.807) is 27.9 Å². The van der Waals surface area contributed by atoms with Gasteiger partial charge in [-0.05, 0) is 79.6 Å². The molecule has 8 heteroatoms. The lowest BCUT2D eigenvalue weighted by Crippen LogP contribution is -2.51. The van der Waals surface area contributed by atoms with Crippen molar-refractivity contribution in [1.82, 2.24) is 19.6 Å². The Morgan fingerprint density at radius 2 is 0.969 bits per heavy atom. The minimum atomic E-state index is 0.630. The topological polar surface area (TPSA) is 89.7 Å². The zero-order valence-corrected chi connectivity index (χ0v) is 21.9. The average Bonchev–Trinajstić information content (AvgIpc) is 3.14. The van der Waals surface area contributed by atoms with Gasteiger partial charge in [0.25, 0.3) is 0 Å². The van der Waals surface area contributed by atoms with E-state index < -0.39 is 0 Å². The first kappa shape index (κ1) is 28.8. The second-order valence-electron chi connectivity index (χ2n) is 9.42. The quantitative estimate of drug-likeness (QED) is 0.433. The molecule has 4 aliphatic heterocycles. The van der Waals surface area contributed by atoms with Gasteiger partial charge in [-0.25, -0.2) is 0 Å². The fraction of sp³-hybridized carbons (Fsp3) is 0.917. The van der Waals surface area contributed by atoms with Crippen molar-refractivity contribution in [2.45, 2.75) is 77.5 Å². The van der Waals surface area contributed by atoms with Crippen molar-refractivity contribution < 1.29 is 0 Å². The molecular formula is C24H52N8. The molecule has 0 aromatic carbocycles. The lowest BCUT2D eigenvalue weighted by atomic mass is 10.1. The molecule has 4 N–H and O–H groups in total. The van der Waals surface area contributed by atoms with Gasteiger partial charge in [0.1, 0.15) is 0 Å². The number of aliphatic imine (C=N–C) groups is 2. The summed E-state index contributed by atoms with van der Waals surface area (Å²) in [4.78, 5) is 17.5. The Morgan fingerprint density at radius 1 is 0.594 bits per heavy atom. The monoisotopic (exact) mass is 452 g/mol. The second kappa shape index (κ2) is 16.4. The van der Waals surface area contributed by atoms with Crippen LogP contribution in [0.5, 0.6) is 0 Å². The number of nitrogens with zero attached hydrogens (tertiary/aromatic N) is 6. The Labute approximate surface area is 198 Å². The molecule has 4 fully saturated rings. The third-order valence-electron chi connectivity index (χ3n) is 6.79. The number of amidine groups is 2. The molecule has 0 aromatic rings. The minimum absolute atomic E-state index is 0.630. The highest BCUT2D eigenvalue weighted by Gasteiger charge is 2.30. The molecule has 0 aliphatic carbocycles. The summed E-state index contributed by atoms with van der Waals surface area (Å²) in [6.45, 7) is 11.5. The van der Waals surface area contributed by atoms with E-state index in [4.69, 9.17) is 11.5 Å². The lowest BCUT2D eigenvalue weighted by Gasteiger charge is -2.41. The molecular weight excluding hydrogens is 400 g/mol. The first-order valence-corrected chi connectivity index (χ1v) is 12.6. The van der Waals surface area contributed by atoms with Crippen LogP contribution in [-0.4, -0.2) is 111 Å². The fourth-order valence-corrected chi connectivity index (χ4v) is 4.82. The van der Waals surface area contributed by atoms with Crippen LogP contribution in [0.15, 0.2) is 9.98 Å². The molecule has 4 aliphatic rings. The van der Waals surface area contributed by atoms with Crippen LogP contribution in [0.1, 0.15) is 65.2 Å². The van der Waals surface area contributed by atoms with Gasteiger partial charge in [-0.3, -0.25) is 29.6 Å². The van der Waals surface area contributed by atoms with Crippen LogP contribution in [0.4, 0.5) is 0 Å². The fourth-order valence-electron chi connectivity index (χ4n) is 4.82. The summed E-state index contributed by atoms with van der Waals surface area (Å²) in [6, 6.07) is 0. The van der Waals surface area contributed by atoms with E-state index in [0.717, 1.165) is 12.3 Å². The number of rotatable bonds is 0. The van der Waals surface area contributed by atoms with E-state index in [9.17, 15) is 0 Å². The molecule has 0 bridgehead atoms. The van der Waals surface area contributed by atoms with Gasteiger partial charge in [-0.2, -0.15) is 0 Å².